The Morgan fingerprint density at radius 3 is 2.17 bits per heavy atom. The van der Waals surface area contributed by atoms with Crippen LogP contribution < -0.4 is 9.80 Å². The molecule has 2 unspecified atom stereocenters. The molecule has 0 aromatic heterocycles. The number of hydrogen-bond acceptors (Lipinski definition) is 6. The lowest BCUT2D eigenvalue weighted by atomic mass is 9.92. The third-order valence-electron chi connectivity index (χ3n) is 5.80. The number of fused-ring (bicyclic) bond motifs is 4. The second-order valence-electron chi connectivity index (χ2n) is 7.30. The number of carbonyl (C=O) groups excluding carboxylic acids is 3. The van der Waals surface area contributed by atoms with Crippen LogP contribution in [-0.2, 0) is 40.0 Å². The Labute approximate surface area is 172 Å². The molecule has 0 bridgehead atoms. The molecule has 3 heterocycles. The lowest BCUT2D eigenvalue weighted by Gasteiger charge is -2.24. The smallest absolute Gasteiger partial charge is 0.334 e. The van der Waals surface area contributed by atoms with Gasteiger partial charge in [0.2, 0.25) is 5.60 Å². The van der Waals surface area contributed by atoms with E-state index in [1.807, 2.05) is 0 Å². The van der Waals surface area contributed by atoms with Crippen LogP contribution in [0.5, 0.6) is 0 Å². The third kappa shape index (κ3) is 2.01. The van der Waals surface area contributed by atoms with E-state index in [1.54, 1.807) is 62.6 Å². The minimum Gasteiger partial charge on any atom is -0.466 e. The van der Waals surface area contributed by atoms with Gasteiger partial charge in [0.05, 0.1) is 30.1 Å². The van der Waals surface area contributed by atoms with Gasteiger partial charge in [-0.15, -0.1) is 0 Å². The van der Waals surface area contributed by atoms with E-state index in [-0.39, 0.29) is 5.76 Å². The van der Waals surface area contributed by atoms with E-state index in [0.29, 0.717) is 22.5 Å². The quantitative estimate of drug-likeness (QED) is 0.530. The zero-order valence-corrected chi connectivity index (χ0v) is 16.5. The number of ether oxygens (including phenoxy) is 3. The van der Waals surface area contributed by atoms with Crippen LogP contribution in [0, 0.1) is 0 Å². The molecule has 5 rings (SSSR count). The van der Waals surface area contributed by atoms with Crippen LogP contribution in [0.15, 0.2) is 60.4 Å². The molecule has 2 atom stereocenters. The van der Waals surface area contributed by atoms with Crippen LogP contribution >= 0.6 is 0 Å². The number of carbonyl (C=O) groups is 3. The van der Waals surface area contributed by atoms with Gasteiger partial charge in [0, 0.05) is 19.7 Å². The van der Waals surface area contributed by atoms with E-state index in [1.165, 1.54) is 16.9 Å². The summed E-state index contributed by atoms with van der Waals surface area (Å²) in [6.07, 6.45) is 1.07. The number of nitrogens with zero attached hydrogens (tertiary/aromatic N) is 2. The first-order chi connectivity index (χ1) is 14.4. The van der Waals surface area contributed by atoms with E-state index < -0.39 is 29.2 Å². The van der Waals surface area contributed by atoms with Crippen molar-refractivity contribution in [1.29, 1.82) is 0 Å². The van der Waals surface area contributed by atoms with Gasteiger partial charge in [0.1, 0.15) is 0 Å². The van der Waals surface area contributed by atoms with E-state index in [2.05, 4.69) is 0 Å². The topological polar surface area (TPSA) is 85.4 Å². The summed E-state index contributed by atoms with van der Waals surface area (Å²) in [4.78, 5) is 41.8. The van der Waals surface area contributed by atoms with Crippen LogP contribution in [0.3, 0.4) is 0 Å². The minimum atomic E-state index is -1.89. The van der Waals surface area contributed by atoms with Crippen LogP contribution in [-0.4, -0.2) is 39.0 Å². The molecule has 0 N–H and O–H groups in total. The van der Waals surface area contributed by atoms with Crippen LogP contribution in [0.2, 0.25) is 0 Å². The first kappa shape index (κ1) is 18.4. The van der Waals surface area contributed by atoms with Crippen molar-refractivity contribution in [3.8, 4) is 0 Å². The number of benzene rings is 2. The van der Waals surface area contributed by atoms with Gasteiger partial charge >= 0.3 is 17.7 Å². The van der Waals surface area contributed by atoms with Crippen molar-refractivity contribution in [1.82, 2.24) is 0 Å². The van der Waals surface area contributed by atoms with Crippen molar-refractivity contribution in [3.63, 3.8) is 0 Å². The molecule has 2 aromatic rings. The van der Waals surface area contributed by atoms with Crippen molar-refractivity contribution in [2.75, 3.05) is 31.0 Å². The second kappa shape index (κ2) is 5.93. The van der Waals surface area contributed by atoms with E-state index >= 15 is 0 Å². The maximum absolute atomic E-state index is 13.5. The number of likely N-dealkylation sites (N-methyl/N-ethyl adjacent to an activating group) is 2. The van der Waals surface area contributed by atoms with Crippen molar-refractivity contribution < 1.29 is 28.6 Å². The van der Waals surface area contributed by atoms with Crippen molar-refractivity contribution in [2.24, 2.45) is 0 Å². The molecule has 0 radical (unpaired) electrons. The zero-order chi connectivity index (χ0) is 21.3. The van der Waals surface area contributed by atoms with Crippen molar-refractivity contribution >= 4 is 29.2 Å². The predicted molar refractivity (Wildman–Crippen MR) is 105 cm³/mol. The fraction of sp³-hybridized carbons (Fsp3) is 0.227. The van der Waals surface area contributed by atoms with E-state index in [0.717, 1.165) is 6.08 Å². The molecule has 2 aromatic carbocycles. The number of amides is 2. The van der Waals surface area contributed by atoms with Gasteiger partial charge in [0.25, 0.3) is 5.91 Å². The van der Waals surface area contributed by atoms with Gasteiger partial charge in [-0.2, -0.15) is 0 Å². The number of hydrogen-bond donors (Lipinski definition) is 0. The molecule has 152 valence electrons. The molecule has 8 nitrogen and oxygen atoms in total. The summed E-state index contributed by atoms with van der Waals surface area (Å²) in [7, 11) is 4.43. The van der Waals surface area contributed by atoms with Gasteiger partial charge in [0.15, 0.2) is 5.76 Å². The average molecular weight is 406 g/mol. The highest BCUT2D eigenvalue weighted by Crippen LogP contribution is 2.59. The summed E-state index contributed by atoms with van der Waals surface area (Å²) < 4.78 is 17.2. The SMILES string of the molecule is COC(=O)/C=C1\OC2(OC13C(=O)N(C)c1ccccc13)C(=O)N(C)c1ccccc12. The molecule has 30 heavy (non-hydrogen) atoms. The van der Waals surface area contributed by atoms with E-state index in [4.69, 9.17) is 14.2 Å². The molecular formula is C22H18N2O6. The number of methoxy groups -OCH3 is 1. The Morgan fingerprint density at radius 1 is 0.933 bits per heavy atom. The fourth-order valence-corrected chi connectivity index (χ4v) is 4.36. The monoisotopic (exact) mass is 406 g/mol. The Balaban J connectivity index is 1.79. The minimum absolute atomic E-state index is 0.0883. The van der Waals surface area contributed by atoms with Gasteiger partial charge in [-0.05, 0) is 18.2 Å². The maximum atomic E-state index is 13.5. The van der Waals surface area contributed by atoms with E-state index in [9.17, 15) is 14.4 Å². The summed E-state index contributed by atoms with van der Waals surface area (Å²) in [6, 6.07) is 14.1. The molecule has 3 aliphatic rings. The number of para-hydroxylation sites is 2. The Hall–Kier alpha value is -3.65. The molecule has 8 heteroatoms. The van der Waals surface area contributed by atoms with Crippen molar-refractivity contribution in [3.05, 3.63) is 71.5 Å². The third-order valence-corrected chi connectivity index (χ3v) is 5.80. The Bertz CT molecular complexity index is 1160. The molecule has 0 aliphatic carbocycles. The first-order valence-corrected chi connectivity index (χ1v) is 9.31. The highest BCUT2D eigenvalue weighted by molar-refractivity contribution is 6.12. The molecule has 1 fully saturated rings. The lowest BCUT2D eigenvalue weighted by molar-refractivity contribution is -0.197. The molecule has 1 saturated heterocycles. The van der Waals surface area contributed by atoms with Gasteiger partial charge in [-0.3, -0.25) is 14.3 Å². The van der Waals surface area contributed by atoms with Crippen molar-refractivity contribution in [2.45, 2.75) is 11.4 Å². The summed E-state index contributed by atoms with van der Waals surface area (Å²) in [5.74, 6) is -3.66. The largest absolute Gasteiger partial charge is 0.466 e. The average Bonchev–Trinajstić information content (AvgIpc) is 3.30. The second-order valence-corrected chi connectivity index (χ2v) is 7.30. The van der Waals surface area contributed by atoms with Crippen LogP contribution in [0.25, 0.3) is 0 Å². The molecule has 2 amide bonds. The molecule has 3 aliphatic heterocycles. The predicted octanol–water partition coefficient (Wildman–Crippen LogP) is 1.79. The Morgan fingerprint density at radius 2 is 1.50 bits per heavy atom. The summed E-state index contributed by atoms with van der Waals surface area (Å²) >= 11 is 0. The van der Waals surface area contributed by atoms with Crippen LogP contribution in [0.4, 0.5) is 11.4 Å². The summed E-state index contributed by atoms with van der Waals surface area (Å²) in [5.41, 5.74) is 0.373. The normalized spacial score (nSPS) is 27.8. The number of anilines is 2. The lowest BCUT2D eigenvalue weighted by Crippen LogP contribution is -2.45. The Kier molecular flexibility index (Phi) is 3.63. The summed E-state index contributed by atoms with van der Waals surface area (Å²) in [5, 5.41) is 0. The molecule has 0 saturated carbocycles. The highest BCUT2D eigenvalue weighted by atomic mass is 16.8. The fourth-order valence-electron chi connectivity index (χ4n) is 4.36. The number of esters is 1. The number of rotatable bonds is 1. The first-order valence-electron chi connectivity index (χ1n) is 9.31. The highest BCUT2D eigenvalue weighted by Gasteiger charge is 2.71. The van der Waals surface area contributed by atoms with Gasteiger partial charge in [-0.1, -0.05) is 30.3 Å². The van der Waals surface area contributed by atoms with Crippen LogP contribution in [0.1, 0.15) is 11.1 Å². The summed E-state index contributed by atoms with van der Waals surface area (Å²) in [6.45, 7) is 0. The van der Waals surface area contributed by atoms with Gasteiger partial charge < -0.3 is 19.3 Å². The molecular weight excluding hydrogens is 388 g/mol. The maximum Gasteiger partial charge on any atom is 0.334 e. The zero-order valence-electron chi connectivity index (χ0n) is 16.5. The van der Waals surface area contributed by atoms with Gasteiger partial charge in [-0.25, -0.2) is 4.79 Å². The standard InChI is InChI=1S/C22H18N2O6/c1-23-15-10-6-4-8-13(15)21(19(23)26)17(12-18(25)28-3)29-22(30-21)14-9-5-7-11-16(14)24(2)20(22)27/h4-12H,1-3H3/b17-12-. The molecule has 2 spiro atoms.